The minimum Gasteiger partial charge on any atom is -0.476 e. The molecule has 3 unspecified atom stereocenters. The van der Waals surface area contributed by atoms with E-state index >= 15 is 0 Å². The molecule has 3 atom stereocenters. The average molecular weight is 501 g/mol. The van der Waals surface area contributed by atoms with Gasteiger partial charge in [-0.05, 0) is 30.2 Å². The fourth-order valence-corrected chi connectivity index (χ4v) is 3.82. The number of alkyl halides is 2. The van der Waals surface area contributed by atoms with E-state index < -0.39 is 41.5 Å². The molecule has 0 saturated carbocycles. The van der Waals surface area contributed by atoms with Gasteiger partial charge >= 0.3 is 5.91 Å². The highest BCUT2D eigenvalue weighted by Gasteiger charge is 2.37. The first-order chi connectivity index (χ1) is 16.7. The van der Waals surface area contributed by atoms with Crippen LogP contribution in [0.25, 0.3) is 0 Å². The first-order valence-electron chi connectivity index (χ1n) is 10.2. The van der Waals surface area contributed by atoms with Crippen LogP contribution in [0.1, 0.15) is 0 Å². The molecule has 2 aliphatic rings. The van der Waals surface area contributed by atoms with Crippen LogP contribution in [-0.2, 0) is 19.2 Å². The highest BCUT2D eigenvalue weighted by molar-refractivity contribution is 6.31. The van der Waals surface area contributed by atoms with Gasteiger partial charge in [-0.25, -0.2) is 4.39 Å². The molecule has 35 heavy (non-hydrogen) atoms. The summed E-state index contributed by atoms with van der Waals surface area (Å²) in [7, 11) is 0. The van der Waals surface area contributed by atoms with Gasteiger partial charge in [0.25, 0.3) is 23.4 Å². The van der Waals surface area contributed by atoms with Crippen LogP contribution in [-0.4, -0.2) is 54.6 Å². The number of nitrogens with two attached hydrogens (primary N) is 1. The SMILES string of the molecule is C#CC(=O)N1CC(C(N)=O)Oc2cc(NC(=O)C3CN(C(=O)C(F)Cl)c4ccccc4O3)ccc21. The van der Waals surface area contributed by atoms with Gasteiger partial charge in [-0.15, -0.1) is 6.42 Å². The molecule has 0 radical (unpaired) electrons. The van der Waals surface area contributed by atoms with E-state index in [0.717, 1.165) is 4.90 Å². The Balaban J connectivity index is 1.57. The zero-order valence-corrected chi connectivity index (χ0v) is 18.7. The van der Waals surface area contributed by atoms with Crippen molar-refractivity contribution < 1.29 is 33.0 Å². The molecule has 0 spiro atoms. The molecule has 12 heteroatoms. The number of amides is 4. The van der Waals surface area contributed by atoms with Crippen LogP contribution >= 0.6 is 11.6 Å². The number of terminal acetylenes is 1. The predicted octanol–water partition coefficient (Wildman–Crippen LogP) is 1.17. The Morgan fingerprint density at radius 3 is 2.40 bits per heavy atom. The van der Waals surface area contributed by atoms with Crippen molar-refractivity contribution in [3.8, 4) is 23.8 Å². The van der Waals surface area contributed by atoms with E-state index in [1.54, 1.807) is 18.2 Å². The Morgan fingerprint density at radius 1 is 1.06 bits per heavy atom. The molecule has 10 nitrogen and oxygen atoms in total. The molecule has 2 heterocycles. The second kappa shape index (κ2) is 9.52. The van der Waals surface area contributed by atoms with Crippen molar-refractivity contribution in [1.82, 2.24) is 0 Å². The van der Waals surface area contributed by atoms with E-state index in [2.05, 4.69) is 5.32 Å². The first kappa shape index (κ1) is 23.8. The van der Waals surface area contributed by atoms with Crippen LogP contribution in [0.3, 0.4) is 0 Å². The number of para-hydroxylation sites is 2. The van der Waals surface area contributed by atoms with Crippen molar-refractivity contribution in [2.45, 2.75) is 17.8 Å². The highest BCUT2D eigenvalue weighted by Crippen LogP contribution is 2.37. The number of nitrogens with one attached hydrogen (secondary N) is 1. The maximum Gasteiger partial charge on any atom is 0.302 e. The highest BCUT2D eigenvalue weighted by atomic mass is 35.5. The van der Waals surface area contributed by atoms with E-state index in [4.69, 9.17) is 33.2 Å². The second-order valence-corrected chi connectivity index (χ2v) is 7.95. The lowest BCUT2D eigenvalue weighted by molar-refractivity contribution is -0.126. The molecule has 0 fully saturated rings. The number of ether oxygens (including phenoxy) is 2. The number of halogens is 2. The summed E-state index contributed by atoms with van der Waals surface area (Å²) in [6.45, 7) is -0.448. The summed E-state index contributed by atoms with van der Waals surface area (Å²) in [5, 5.41) is 2.61. The molecule has 4 amide bonds. The molecular weight excluding hydrogens is 483 g/mol. The van der Waals surface area contributed by atoms with Crippen LogP contribution in [0.15, 0.2) is 42.5 Å². The van der Waals surface area contributed by atoms with Crippen LogP contribution in [0.5, 0.6) is 11.5 Å². The molecule has 2 aliphatic heterocycles. The van der Waals surface area contributed by atoms with Crippen LogP contribution in [0.2, 0.25) is 0 Å². The van der Waals surface area contributed by atoms with Crippen molar-refractivity contribution in [1.29, 1.82) is 0 Å². The summed E-state index contributed by atoms with van der Waals surface area (Å²) in [5.41, 5.74) is 3.84. The fraction of sp³-hybridized carbons (Fsp3) is 0.217. The largest absolute Gasteiger partial charge is 0.476 e. The summed E-state index contributed by atoms with van der Waals surface area (Å²) in [4.78, 5) is 51.3. The fourth-order valence-electron chi connectivity index (χ4n) is 3.70. The third-order valence-corrected chi connectivity index (χ3v) is 5.53. The van der Waals surface area contributed by atoms with Crippen LogP contribution < -0.4 is 30.3 Å². The van der Waals surface area contributed by atoms with Gasteiger partial charge in [0.05, 0.1) is 24.5 Å². The molecule has 0 bridgehead atoms. The standard InChI is InChI=1S/C23H18ClFN4O6/c1-2-19(30)28-10-17(21(26)31)35-16-9-12(7-8-14(16)28)27-22(32)18-11-29(23(33)20(24)25)13-5-3-4-6-15(13)34-18/h1,3-9,17-18,20H,10-11H2,(H2,26,31)(H,27,32). The molecule has 3 N–H and O–H groups in total. The minimum atomic E-state index is -2.30. The lowest BCUT2D eigenvalue weighted by atomic mass is 10.1. The molecule has 2 aromatic rings. The number of rotatable bonds is 4. The smallest absolute Gasteiger partial charge is 0.302 e. The van der Waals surface area contributed by atoms with E-state index in [1.807, 2.05) is 5.92 Å². The van der Waals surface area contributed by atoms with Gasteiger partial charge < -0.3 is 25.4 Å². The van der Waals surface area contributed by atoms with Gasteiger partial charge in [-0.1, -0.05) is 23.7 Å². The summed E-state index contributed by atoms with van der Waals surface area (Å²) >= 11 is 5.34. The van der Waals surface area contributed by atoms with E-state index in [9.17, 15) is 23.6 Å². The molecular formula is C23H18ClFN4O6. The average Bonchev–Trinajstić information content (AvgIpc) is 2.86. The Morgan fingerprint density at radius 2 is 1.71 bits per heavy atom. The Kier molecular flexibility index (Phi) is 6.48. The number of benzene rings is 2. The number of carbonyl (C=O) groups is 4. The lowest BCUT2D eigenvalue weighted by Gasteiger charge is -2.34. The van der Waals surface area contributed by atoms with Gasteiger partial charge in [0.2, 0.25) is 0 Å². The zero-order valence-electron chi connectivity index (χ0n) is 17.9. The van der Waals surface area contributed by atoms with Crippen molar-refractivity contribution in [3.63, 3.8) is 0 Å². The quantitative estimate of drug-likeness (QED) is 0.478. The summed E-state index contributed by atoms with van der Waals surface area (Å²) in [6.07, 6.45) is 2.88. The predicted molar refractivity (Wildman–Crippen MR) is 124 cm³/mol. The molecule has 0 aromatic heterocycles. The number of hydrogen-bond acceptors (Lipinski definition) is 6. The van der Waals surface area contributed by atoms with Crippen molar-refractivity contribution in [3.05, 3.63) is 42.5 Å². The minimum absolute atomic E-state index is 0.0931. The number of primary amides is 1. The van der Waals surface area contributed by atoms with Gasteiger partial charge in [0.1, 0.15) is 11.5 Å². The molecule has 2 aromatic carbocycles. The summed E-state index contributed by atoms with van der Waals surface area (Å²) < 4.78 is 24.8. The number of nitrogens with zero attached hydrogens (tertiary/aromatic N) is 2. The number of carbonyl (C=O) groups excluding carboxylic acids is 4. The van der Waals surface area contributed by atoms with Crippen molar-refractivity contribution in [2.24, 2.45) is 5.73 Å². The maximum absolute atomic E-state index is 13.6. The number of fused-ring (bicyclic) bond motifs is 2. The second-order valence-electron chi connectivity index (χ2n) is 7.56. The van der Waals surface area contributed by atoms with Gasteiger partial charge in [0.15, 0.2) is 12.2 Å². The normalized spacial score (nSPS) is 19.1. The molecule has 180 valence electrons. The van der Waals surface area contributed by atoms with Crippen molar-refractivity contribution in [2.75, 3.05) is 28.2 Å². The first-order valence-corrected chi connectivity index (χ1v) is 10.7. The third kappa shape index (κ3) is 4.69. The summed E-state index contributed by atoms with van der Waals surface area (Å²) in [6, 6.07) is 10.7. The summed E-state index contributed by atoms with van der Waals surface area (Å²) in [5.74, 6) is -0.903. The van der Waals surface area contributed by atoms with Crippen LogP contribution in [0.4, 0.5) is 21.5 Å². The third-order valence-electron chi connectivity index (χ3n) is 5.34. The lowest BCUT2D eigenvalue weighted by Crippen LogP contribution is -2.50. The number of hydrogen-bond donors (Lipinski definition) is 2. The van der Waals surface area contributed by atoms with E-state index in [1.165, 1.54) is 29.2 Å². The maximum atomic E-state index is 13.6. The van der Waals surface area contributed by atoms with Gasteiger partial charge in [0, 0.05) is 11.8 Å². The van der Waals surface area contributed by atoms with E-state index in [0.29, 0.717) is 5.69 Å². The Hall–Kier alpha value is -4.30. The molecule has 0 saturated heterocycles. The van der Waals surface area contributed by atoms with Crippen LogP contribution in [0, 0.1) is 12.3 Å². The van der Waals surface area contributed by atoms with Gasteiger partial charge in [-0.3, -0.25) is 24.1 Å². The van der Waals surface area contributed by atoms with Gasteiger partial charge in [-0.2, -0.15) is 0 Å². The Labute approximate surface area is 203 Å². The molecule has 4 rings (SSSR count). The topological polar surface area (TPSA) is 131 Å². The van der Waals surface area contributed by atoms with E-state index in [-0.39, 0.29) is 36.0 Å². The number of anilines is 3. The Bertz CT molecular complexity index is 1260. The zero-order chi connectivity index (χ0) is 25.3. The van der Waals surface area contributed by atoms with Crippen molar-refractivity contribution >= 4 is 52.3 Å². The monoisotopic (exact) mass is 500 g/mol. The molecule has 0 aliphatic carbocycles.